The van der Waals surface area contributed by atoms with Crippen LogP contribution in [0.2, 0.25) is 0 Å². The van der Waals surface area contributed by atoms with E-state index in [0.717, 1.165) is 45.3 Å². The van der Waals surface area contributed by atoms with E-state index in [1.807, 2.05) is 98.8 Å². The first-order valence-electron chi connectivity index (χ1n) is 10.6. The Hall–Kier alpha value is -3.66. The number of benzene rings is 3. The molecule has 3 aromatic carbocycles. The Balaban J connectivity index is 1.59. The Morgan fingerprint density at radius 2 is 0.969 bits per heavy atom. The molecule has 32 heavy (non-hydrogen) atoms. The highest BCUT2D eigenvalue weighted by atomic mass is 16.5. The molecule has 166 valence electrons. The van der Waals surface area contributed by atoms with Crippen LogP contribution >= 0.6 is 0 Å². The zero-order valence-electron chi connectivity index (χ0n) is 19.1. The molecule has 0 unspecified atom stereocenters. The van der Waals surface area contributed by atoms with Crippen LogP contribution in [-0.2, 0) is 13.2 Å². The zero-order valence-corrected chi connectivity index (χ0v) is 19.1. The highest BCUT2D eigenvalue weighted by Gasteiger charge is 2.07. The molecule has 0 saturated heterocycles. The van der Waals surface area contributed by atoms with Gasteiger partial charge in [0.05, 0.1) is 14.2 Å². The standard InChI is InChI=1S/C28H30O4/c1-5-7-21-13-15-25(27(17-21)29-3)31-19-23-9-11-24(12-10-23)20-32-26-16-14-22(8-6-2)18-28(26)30-4/h5-18H,19-20H2,1-4H3. The van der Waals surface area contributed by atoms with Gasteiger partial charge in [0.25, 0.3) is 0 Å². The van der Waals surface area contributed by atoms with Crippen molar-refractivity contribution in [2.45, 2.75) is 27.1 Å². The fourth-order valence-corrected chi connectivity index (χ4v) is 3.25. The van der Waals surface area contributed by atoms with E-state index in [0.29, 0.717) is 13.2 Å². The van der Waals surface area contributed by atoms with Crippen molar-refractivity contribution in [3.8, 4) is 23.0 Å². The van der Waals surface area contributed by atoms with Gasteiger partial charge in [-0.2, -0.15) is 0 Å². The molecule has 3 rings (SSSR count). The van der Waals surface area contributed by atoms with E-state index in [9.17, 15) is 0 Å². The van der Waals surface area contributed by atoms with E-state index in [-0.39, 0.29) is 0 Å². The minimum Gasteiger partial charge on any atom is -0.493 e. The number of rotatable bonds is 10. The number of ether oxygens (including phenoxy) is 4. The monoisotopic (exact) mass is 430 g/mol. The molecule has 0 heterocycles. The maximum Gasteiger partial charge on any atom is 0.161 e. The molecule has 0 radical (unpaired) electrons. The van der Waals surface area contributed by atoms with Crippen LogP contribution in [0.15, 0.2) is 72.8 Å². The fraction of sp³-hybridized carbons (Fsp3) is 0.214. The molecule has 0 amide bonds. The molecule has 0 aliphatic carbocycles. The summed E-state index contributed by atoms with van der Waals surface area (Å²) in [6, 6.07) is 20.0. The summed E-state index contributed by atoms with van der Waals surface area (Å²) in [6.45, 7) is 4.90. The molecule has 3 aromatic rings. The lowest BCUT2D eigenvalue weighted by molar-refractivity contribution is 0.282. The van der Waals surface area contributed by atoms with E-state index in [2.05, 4.69) is 0 Å². The molecule has 4 heteroatoms. The second-order valence-electron chi connectivity index (χ2n) is 7.21. The topological polar surface area (TPSA) is 36.9 Å². The average Bonchev–Trinajstić information content (AvgIpc) is 2.83. The molecule has 0 spiro atoms. The van der Waals surface area contributed by atoms with Crippen LogP contribution < -0.4 is 18.9 Å². The second-order valence-corrected chi connectivity index (χ2v) is 7.21. The first-order chi connectivity index (χ1) is 15.7. The van der Waals surface area contributed by atoms with Gasteiger partial charge >= 0.3 is 0 Å². The van der Waals surface area contributed by atoms with Crippen LogP contribution in [0.25, 0.3) is 12.2 Å². The SMILES string of the molecule is CC=Cc1ccc(OCc2ccc(COc3ccc(C=CC)cc3OC)cc2)c(OC)c1. The molecular weight excluding hydrogens is 400 g/mol. The number of hydrogen-bond donors (Lipinski definition) is 0. The minimum atomic E-state index is 0.459. The van der Waals surface area contributed by atoms with Gasteiger partial charge in [-0.25, -0.2) is 0 Å². The molecule has 0 fully saturated rings. The Kier molecular flexibility index (Phi) is 8.38. The summed E-state index contributed by atoms with van der Waals surface area (Å²) >= 11 is 0. The Labute approximate surface area is 190 Å². The molecule has 0 aliphatic rings. The van der Waals surface area contributed by atoms with Crippen molar-refractivity contribution in [1.82, 2.24) is 0 Å². The van der Waals surface area contributed by atoms with E-state index in [1.54, 1.807) is 14.2 Å². The van der Waals surface area contributed by atoms with Crippen LogP contribution in [0.3, 0.4) is 0 Å². The average molecular weight is 431 g/mol. The van der Waals surface area contributed by atoms with Gasteiger partial charge in [-0.15, -0.1) is 0 Å². The molecule has 0 N–H and O–H groups in total. The van der Waals surface area contributed by atoms with Gasteiger partial charge in [0.1, 0.15) is 13.2 Å². The van der Waals surface area contributed by atoms with Gasteiger partial charge in [-0.05, 0) is 60.4 Å². The number of hydrogen-bond acceptors (Lipinski definition) is 4. The van der Waals surface area contributed by atoms with Crippen LogP contribution in [0.4, 0.5) is 0 Å². The van der Waals surface area contributed by atoms with Gasteiger partial charge in [0.2, 0.25) is 0 Å². The van der Waals surface area contributed by atoms with E-state index in [4.69, 9.17) is 18.9 Å². The summed E-state index contributed by atoms with van der Waals surface area (Å²) in [5.74, 6) is 2.89. The van der Waals surface area contributed by atoms with Gasteiger partial charge in [0, 0.05) is 0 Å². The van der Waals surface area contributed by atoms with Crippen molar-refractivity contribution in [1.29, 1.82) is 0 Å². The maximum atomic E-state index is 5.98. The Morgan fingerprint density at radius 3 is 1.31 bits per heavy atom. The van der Waals surface area contributed by atoms with Crippen LogP contribution in [0.5, 0.6) is 23.0 Å². The van der Waals surface area contributed by atoms with Crippen molar-refractivity contribution in [3.05, 3.63) is 95.1 Å². The van der Waals surface area contributed by atoms with Gasteiger partial charge in [0.15, 0.2) is 23.0 Å². The van der Waals surface area contributed by atoms with Crippen LogP contribution in [0.1, 0.15) is 36.1 Å². The summed E-state index contributed by atoms with van der Waals surface area (Å²) < 4.78 is 22.9. The van der Waals surface area contributed by atoms with E-state index < -0.39 is 0 Å². The summed E-state index contributed by atoms with van der Waals surface area (Å²) in [5, 5.41) is 0. The van der Waals surface area contributed by atoms with Crippen molar-refractivity contribution < 1.29 is 18.9 Å². The molecule has 0 saturated carbocycles. The maximum absolute atomic E-state index is 5.98. The molecule has 0 aliphatic heterocycles. The third kappa shape index (κ3) is 6.17. The summed E-state index contributed by atoms with van der Waals surface area (Å²) in [6.07, 6.45) is 8.05. The van der Waals surface area contributed by atoms with Crippen molar-refractivity contribution in [2.24, 2.45) is 0 Å². The van der Waals surface area contributed by atoms with Gasteiger partial charge in [-0.3, -0.25) is 0 Å². The molecular formula is C28H30O4. The molecule has 4 nitrogen and oxygen atoms in total. The first-order valence-corrected chi connectivity index (χ1v) is 10.6. The fourth-order valence-electron chi connectivity index (χ4n) is 3.25. The number of allylic oxidation sites excluding steroid dienone is 2. The van der Waals surface area contributed by atoms with E-state index in [1.165, 1.54) is 0 Å². The van der Waals surface area contributed by atoms with Crippen molar-refractivity contribution in [2.75, 3.05) is 14.2 Å². The summed E-state index contributed by atoms with van der Waals surface area (Å²) in [4.78, 5) is 0. The lowest BCUT2D eigenvalue weighted by Gasteiger charge is -2.13. The predicted octanol–water partition coefficient (Wildman–Crippen LogP) is 6.93. The van der Waals surface area contributed by atoms with Crippen molar-refractivity contribution in [3.63, 3.8) is 0 Å². The Morgan fingerprint density at radius 1 is 0.562 bits per heavy atom. The Bertz CT molecular complexity index is 979. The third-order valence-electron chi connectivity index (χ3n) is 4.91. The van der Waals surface area contributed by atoms with Crippen LogP contribution in [-0.4, -0.2) is 14.2 Å². The highest BCUT2D eigenvalue weighted by Crippen LogP contribution is 2.30. The number of methoxy groups -OCH3 is 2. The molecule has 0 aromatic heterocycles. The lowest BCUT2D eigenvalue weighted by atomic mass is 10.1. The van der Waals surface area contributed by atoms with Gasteiger partial charge in [-0.1, -0.05) is 60.7 Å². The zero-order chi connectivity index (χ0) is 22.8. The third-order valence-corrected chi connectivity index (χ3v) is 4.91. The van der Waals surface area contributed by atoms with Gasteiger partial charge < -0.3 is 18.9 Å². The smallest absolute Gasteiger partial charge is 0.161 e. The lowest BCUT2D eigenvalue weighted by Crippen LogP contribution is -2.00. The molecule has 0 bridgehead atoms. The highest BCUT2D eigenvalue weighted by molar-refractivity contribution is 5.56. The predicted molar refractivity (Wildman–Crippen MR) is 131 cm³/mol. The minimum absolute atomic E-state index is 0.459. The quantitative estimate of drug-likeness (QED) is 0.349. The largest absolute Gasteiger partial charge is 0.493 e. The second kappa shape index (κ2) is 11.7. The van der Waals surface area contributed by atoms with Crippen molar-refractivity contribution >= 4 is 12.2 Å². The van der Waals surface area contributed by atoms with Crippen LogP contribution in [0, 0.1) is 0 Å². The summed E-state index contributed by atoms with van der Waals surface area (Å²) in [5.41, 5.74) is 4.30. The first kappa shape index (κ1) is 23.0. The molecule has 0 atom stereocenters. The van der Waals surface area contributed by atoms with E-state index >= 15 is 0 Å². The summed E-state index contributed by atoms with van der Waals surface area (Å²) in [7, 11) is 3.30. The normalized spacial score (nSPS) is 11.1.